The fraction of sp³-hybridized carbons (Fsp3) is 0.500. The van der Waals surface area contributed by atoms with E-state index in [1.807, 2.05) is 19.9 Å². The lowest BCUT2D eigenvalue weighted by atomic mass is 9.95. The number of ether oxygens (including phenoxy) is 3. The summed E-state index contributed by atoms with van der Waals surface area (Å²) in [6.45, 7) is 10.9. The normalized spacial score (nSPS) is 10.8. The number of aryl methyl sites for hydroxylation is 2. The molecule has 0 atom stereocenters. The lowest BCUT2D eigenvalue weighted by Crippen LogP contribution is -2.32. The lowest BCUT2D eigenvalue weighted by Gasteiger charge is -2.21. The van der Waals surface area contributed by atoms with Gasteiger partial charge in [-0.1, -0.05) is 37.0 Å². The van der Waals surface area contributed by atoms with Crippen molar-refractivity contribution >= 4 is 35.1 Å². The molecular weight excluding hydrogens is 519 g/mol. The Morgan fingerprint density at radius 1 is 0.811 bits per heavy atom. The van der Waals surface area contributed by atoms with Gasteiger partial charge in [0.25, 0.3) is 0 Å². The topological polar surface area (TPSA) is 102 Å². The summed E-state index contributed by atoms with van der Waals surface area (Å²) in [6.07, 6.45) is 1.70. The predicted octanol–water partition coefficient (Wildman–Crippen LogP) is 6.27. The minimum atomic E-state index is -0.755. The first kappa shape index (κ1) is 34.5. The highest BCUT2D eigenvalue weighted by atomic mass is 35.5. The van der Waals surface area contributed by atoms with E-state index in [0.717, 1.165) is 34.0 Å². The molecule has 2 N–H and O–H groups in total. The Morgan fingerprint density at radius 3 is 1.68 bits per heavy atom. The molecule has 2 rings (SSSR count). The average molecular weight is 560 g/mol. The second-order valence-electron chi connectivity index (χ2n) is 9.43. The molecule has 0 saturated carbocycles. The number of aromatic hydroxyl groups is 1. The number of phenolic OH excluding ortho intramolecular Hbond substituents is 1. The molecule has 9 heteroatoms. The molecule has 0 aromatic heterocycles. The third-order valence-electron chi connectivity index (χ3n) is 5.28. The Labute approximate surface area is 230 Å². The summed E-state index contributed by atoms with van der Waals surface area (Å²) in [4.78, 5) is 22.2. The van der Waals surface area contributed by atoms with Crippen molar-refractivity contribution in [2.24, 2.45) is 10.8 Å². The quantitative estimate of drug-likeness (QED) is 0.368. The second-order valence-corrected chi connectivity index (χ2v) is 10.2. The summed E-state index contributed by atoms with van der Waals surface area (Å²) in [5, 5.41) is 19.1. The van der Waals surface area contributed by atoms with Gasteiger partial charge in [0.05, 0.1) is 31.7 Å². The Morgan fingerprint density at radius 2 is 1.27 bits per heavy atom. The van der Waals surface area contributed by atoms with Crippen LogP contribution in [0, 0.1) is 10.8 Å². The molecular formula is C28H40Cl2O7. The SMILES string of the molecule is CCc1cc(O)ccc1Cl.CCc1cc(OCC(C)(C)C(=O)OC)ccc1Cl.COC(=O)C(C)(C)CO. The van der Waals surface area contributed by atoms with Crippen LogP contribution in [0.4, 0.5) is 0 Å². The van der Waals surface area contributed by atoms with Gasteiger partial charge in [0.1, 0.15) is 18.1 Å². The van der Waals surface area contributed by atoms with Crippen molar-refractivity contribution in [3.63, 3.8) is 0 Å². The van der Waals surface area contributed by atoms with Crippen LogP contribution in [-0.4, -0.2) is 49.6 Å². The number of phenols is 1. The highest BCUT2D eigenvalue weighted by Gasteiger charge is 2.30. The number of halogens is 2. The standard InChI is InChI=1S/C14H19ClO3.C8H9ClO.C6H12O3/c1-5-10-8-11(6-7-12(10)15)18-9-14(2,3)13(16)17-4;1-2-6-5-7(10)3-4-8(6)9;1-6(2,4-7)5(8)9-3/h6-8H,5,9H2,1-4H3;3-5,10H,2H2,1H3;7H,4H2,1-3H3. The van der Waals surface area contributed by atoms with Crippen LogP contribution in [0.15, 0.2) is 36.4 Å². The monoisotopic (exact) mass is 558 g/mol. The summed E-state index contributed by atoms with van der Waals surface area (Å²) in [5.74, 6) is 0.326. The first-order valence-corrected chi connectivity index (χ1v) is 12.6. The molecule has 0 aliphatic rings. The van der Waals surface area contributed by atoms with E-state index in [1.54, 1.807) is 58.0 Å². The van der Waals surface area contributed by atoms with Gasteiger partial charge in [0, 0.05) is 10.0 Å². The van der Waals surface area contributed by atoms with Crippen LogP contribution >= 0.6 is 23.2 Å². The van der Waals surface area contributed by atoms with Gasteiger partial charge in [-0.3, -0.25) is 9.59 Å². The maximum absolute atomic E-state index is 11.5. The van der Waals surface area contributed by atoms with Gasteiger partial charge in [-0.25, -0.2) is 0 Å². The van der Waals surface area contributed by atoms with Gasteiger partial charge in [-0.2, -0.15) is 0 Å². The molecule has 0 fully saturated rings. The molecule has 0 spiro atoms. The Kier molecular flexibility index (Phi) is 15.3. The molecule has 7 nitrogen and oxygen atoms in total. The number of aliphatic hydroxyl groups is 1. The molecule has 37 heavy (non-hydrogen) atoms. The van der Waals surface area contributed by atoms with E-state index >= 15 is 0 Å². The first-order valence-electron chi connectivity index (χ1n) is 11.8. The van der Waals surface area contributed by atoms with Gasteiger partial charge < -0.3 is 24.4 Å². The number of carbonyl (C=O) groups is 2. The number of esters is 2. The number of methoxy groups -OCH3 is 2. The van der Waals surface area contributed by atoms with Gasteiger partial charge in [-0.15, -0.1) is 0 Å². The van der Waals surface area contributed by atoms with Gasteiger partial charge in [0.15, 0.2) is 0 Å². The number of rotatable bonds is 8. The molecule has 208 valence electrons. The Balaban J connectivity index is 0.000000577. The minimum absolute atomic E-state index is 0.181. The molecule has 0 unspecified atom stereocenters. The summed E-state index contributed by atoms with van der Waals surface area (Å²) in [6, 6.07) is 10.5. The molecule has 0 saturated heterocycles. The average Bonchev–Trinajstić information content (AvgIpc) is 2.89. The van der Waals surface area contributed by atoms with Gasteiger partial charge in [0.2, 0.25) is 0 Å². The zero-order valence-corrected chi connectivity index (χ0v) is 24.5. The fourth-order valence-electron chi connectivity index (χ4n) is 2.68. The van der Waals surface area contributed by atoms with Crippen molar-refractivity contribution in [1.29, 1.82) is 0 Å². The number of hydrogen-bond donors (Lipinski definition) is 2. The number of carbonyl (C=O) groups excluding carboxylic acids is 2. The predicted molar refractivity (Wildman–Crippen MR) is 147 cm³/mol. The number of benzene rings is 2. The molecule has 0 amide bonds. The van der Waals surface area contributed by atoms with Crippen molar-refractivity contribution in [1.82, 2.24) is 0 Å². The molecule has 2 aromatic rings. The van der Waals surface area contributed by atoms with Crippen LogP contribution in [0.1, 0.15) is 52.7 Å². The zero-order chi connectivity index (χ0) is 28.8. The smallest absolute Gasteiger partial charge is 0.314 e. The molecule has 0 radical (unpaired) electrons. The van der Waals surface area contributed by atoms with Crippen molar-refractivity contribution in [2.45, 2.75) is 54.4 Å². The van der Waals surface area contributed by atoms with Crippen molar-refractivity contribution in [3.05, 3.63) is 57.6 Å². The third-order valence-corrected chi connectivity index (χ3v) is 6.02. The Bertz CT molecular complexity index is 1000. The van der Waals surface area contributed by atoms with E-state index in [1.165, 1.54) is 14.2 Å². The van der Waals surface area contributed by atoms with Crippen LogP contribution < -0.4 is 4.74 Å². The third kappa shape index (κ3) is 12.1. The van der Waals surface area contributed by atoms with E-state index in [9.17, 15) is 9.59 Å². The molecule has 0 heterocycles. The second kappa shape index (κ2) is 16.4. The van der Waals surface area contributed by atoms with E-state index in [4.69, 9.17) is 42.9 Å². The van der Waals surface area contributed by atoms with Crippen molar-refractivity contribution in [2.75, 3.05) is 27.4 Å². The van der Waals surface area contributed by atoms with Crippen LogP contribution in [0.25, 0.3) is 0 Å². The molecule has 0 aliphatic heterocycles. The largest absolute Gasteiger partial charge is 0.508 e. The lowest BCUT2D eigenvalue weighted by molar-refractivity contribution is -0.153. The van der Waals surface area contributed by atoms with Crippen LogP contribution in [0.3, 0.4) is 0 Å². The van der Waals surface area contributed by atoms with Gasteiger partial charge >= 0.3 is 11.9 Å². The first-order chi connectivity index (χ1) is 17.2. The summed E-state index contributed by atoms with van der Waals surface area (Å²) in [5.41, 5.74) is 0.599. The number of hydrogen-bond acceptors (Lipinski definition) is 7. The van der Waals surface area contributed by atoms with E-state index < -0.39 is 10.8 Å². The van der Waals surface area contributed by atoms with E-state index in [-0.39, 0.29) is 30.9 Å². The highest BCUT2D eigenvalue weighted by Crippen LogP contribution is 2.25. The summed E-state index contributed by atoms with van der Waals surface area (Å²) >= 11 is 11.8. The van der Waals surface area contributed by atoms with Gasteiger partial charge in [-0.05, 0) is 88.1 Å². The van der Waals surface area contributed by atoms with Crippen molar-refractivity contribution < 1.29 is 34.0 Å². The van der Waals surface area contributed by atoms with Crippen molar-refractivity contribution in [3.8, 4) is 11.5 Å². The van der Waals surface area contributed by atoms with E-state index in [0.29, 0.717) is 5.75 Å². The maximum atomic E-state index is 11.5. The molecule has 0 bridgehead atoms. The summed E-state index contributed by atoms with van der Waals surface area (Å²) < 4.78 is 14.8. The number of aliphatic hydroxyl groups excluding tert-OH is 1. The van der Waals surface area contributed by atoms with Crippen LogP contribution in [-0.2, 0) is 31.9 Å². The Hall–Kier alpha value is -2.48. The maximum Gasteiger partial charge on any atom is 0.314 e. The minimum Gasteiger partial charge on any atom is -0.508 e. The zero-order valence-electron chi connectivity index (χ0n) is 23.0. The fourth-order valence-corrected chi connectivity index (χ4v) is 3.19. The summed E-state index contributed by atoms with van der Waals surface area (Å²) in [7, 11) is 2.68. The van der Waals surface area contributed by atoms with E-state index in [2.05, 4.69) is 4.74 Å². The van der Waals surface area contributed by atoms with Crippen LogP contribution in [0.5, 0.6) is 11.5 Å². The molecule has 2 aromatic carbocycles. The van der Waals surface area contributed by atoms with Crippen LogP contribution in [0.2, 0.25) is 10.0 Å². The highest BCUT2D eigenvalue weighted by molar-refractivity contribution is 6.31. The molecule has 0 aliphatic carbocycles.